The molecule has 0 spiro atoms. The molecule has 2 aromatic rings. The Kier molecular flexibility index (Phi) is 6.95. The molecule has 2 N–H and O–H groups in total. The fourth-order valence-corrected chi connectivity index (χ4v) is 4.56. The second-order valence-electron chi connectivity index (χ2n) is 8.00. The molecule has 3 heterocycles. The van der Waals surface area contributed by atoms with Crippen molar-refractivity contribution in [3.63, 3.8) is 0 Å². The van der Waals surface area contributed by atoms with Crippen LogP contribution >= 0.6 is 11.6 Å². The van der Waals surface area contributed by atoms with E-state index >= 15 is 0 Å². The summed E-state index contributed by atoms with van der Waals surface area (Å²) in [6.07, 6.45) is 4.22. The summed E-state index contributed by atoms with van der Waals surface area (Å²) in [7, 11) is 0. The van der Waals surface area contributed by atoms with E-state index in [-0.39, 0.29) is 0 Å². The lowest BCUT2D eigenvalue weighted by atomic mass is 10.1. The molecule has 1 aromatic heterocycles. The lowest BCUT2D eigenvalue weighted by Crippen LogP contribution is -2.42. The summed E-state index contributed by atoms with van der Waals surface area (Å²) < 4.78 is 5.47. The van der Waals surface area contributed by atoms with Crippen LogP contribution < -0.4 is 5.32 Å². The third kappa shape index (κ3) is 5.24. The second-order valence-corrected chi connectivity index (χ2v) is 8.44. The van der Waals surface area contributed by atoms with Gasteiger partial charge in [0, 0.05) is 67.9 Å². The van der Waals surface area contributed by atoms with Crippen molar-refractivity contribution < 1.29 is 4.74 Å². The minimum atomic E-state index is 0.715. The highest BCUT2D eigenvalue weighted by Crippen LogP contribution is 2.23. The first-order valence-corrected chi connectivity index (χ1v) is 11.2. The molecule has 2 saturated heterocycles. The molecule has 1 unspecified atom stereocenters. The van der Waals surface area contributed by atoms with Gasteiger partial charge in [-0.25, -0.2) is 0 Å². The highest BCUT2D eigenvalue weighted by atomic mass is 35.5. The Balaban J connectivity index is 1.34. The molecule has 2 aliphatic heterocycles. The van der Waals surface area contributed by atoms with Crippen molar-refractivity contribution >= 4 is 28.5 Å². The van der Waals surface area contributed by atoms with Crippen molar-refractivity contribution in [2.75, 3.05) is 59.0 Å². The maximum absolute atomic E-state index is 6.17. The molecule has 7 heteroatoms. The fraction of sp³-hybridized carbons (Fsp3) is 0.591. The first-order chi connectivity index (χ1) is 14.2. The number of hydrogen-bond acceptors (Lipinski definition) is 3. The minimum absolute atomic E-state index is 0.715. The van der Waals surface area contributed by atoms with Gasteiger partial charge in [0.05, 0.1) is 13.2 Å². The van der Waals surface area contributed by atoms with E-state index in [0.29, 0.717) is 5.92 Å². The third-order valence-electron chi connectivity index (χ3n) is 5.91. The van der Waals surface area contributed by atoms with Crippen LogP contribution in [0.2, 0.25) is 5.02 Å². The predicted molar refractivity (Wildman–Crippen MR) is 120 cm³/mol. The van der Waals surface area contributed by atoms with Crippen molar-refractivity contribution in [1.29, 1.82) is 0 Å². The highest BCUT2D eigenvalue weighted by Gasteiger charge is 2.27. The van der Waals surface area contributed by atoms with Crippen LogP contribution in [0.3, 0.4) is 0 Å². The van der Waals surface area contributed by atoms with Crippen LogP contribution in [0.15, 0.2) is 29.4 Å². The summed E-state index contributed by atoms with van der Waals surface area (Å²) in [6, 6.07) is 5.99. The molecule has 0 radical (unpaired) electrons. The van der Waals surface area contributed by atoms with Crippen LogP contribution in [0.5, 0.6) is 0 Å². The minimum Gasteiger partial charge on any atom is -0.379 e. The smallest absolute Gasteiger partial charge is 0.193 e. The number of guanidine groups is 1. The van der Waals surface area contributed by atoms with Crippen molar-refractivity contribution in [3.05, 3.63) is 35.0 Å². The van der Waals surface area contributed by atoms with Gasteiger partial charge < -0.3 is 19.9 Å². The molecule has 1 aromatic carbocycles. The number of nitrogens with zero attached hydrogens (tertiary/aromatic N) is 3. The SMILES string of the molecule is CCNC(=NCCc1c[nH]c2ccc(Cl)cc12)N1CCC(CN2CCOCC2)C1. The van der Waals surface area contributed by atoms with Crippen molar-refractivity contribution in [1.82, 2.24) is 20.1 Å². The maximum atomic E-state index is 6.17. The number of ether oxygens (including phenoxy) is 1. The molecule has 158 valence electrons. The largest absolute Gasteiger partial charge is 0.379 e. The maximum Gasteiger partial charge on any atom is 0.193 e. The molecular formula is C22H32ClN5O. The number of rotatable bonds is 6. The first kappa shape index (κ1) is 20.5. The third-order valence-corrected chi connectivity index (χ3v) is 6.15. The van der Waals surface area contributed by atoms with Crippen molar-refractivity contribution in [2.24, 2.45) is 10.9 Å². The number of likely N-dealkylation sites (tertiary alicyclic amines) is 1. The van der Waals surface area contributed by atoms with Crippen molar-refractivity contribution in [2.45, 2.75) is 19.8 Å². The van der Waals surface area contributed by atoms with Gasteiger partial charge in [-0.05, 0) is 49.4 Å². The van der Waals surface area contributed by atoms with E-state index in [2.05, 4.69) is 33.2 Å². The molecule has 2 aliphatic rings. The van der Waals surface area contributed by atoms with Crippen LogP contribution in [0.1, 0.15) is 18.9 Å². The molecule has 0 saturated carbocycles. The lowest BCUT2D eigenvalue weighted by molar-refractivity contribution is 0.0315. The number of nitrogens with one attached hydrogen (secondary N) is 2. The van der Waals surface area contributed by atoms with Crippen LogP contribution in [-0.2, 0) is 11.2 Å². The van der Waals surface area contributed by atoms with Gasteiger partial charge in [-0.1, -0.05) is 11.6 Å². The van der Waals surface area contributed by atoms with Gasteiger partial charge in [-0.3, -0.25) is 9.89 Å². The van der Waals surface area contributed by atoms with Crippen LogP contribution in [-0.4, -0.2) is 79.8 Å². The molecule has 0 bridgehead atoms. The van der Waals surface area contributed by atoms with E-state index in [1.165, 1.54) is 23.9 Å². The van der Waals surface area contributed by atoms with Gasteiger partial charge in [0.15, 0.2) is 5.96 Å². The van der Waals surface area contributed by atoms with E-state index in [9.17, 15) is 0 Å². The Labute approximate surface area is 178 Å². The van der Waals surface area contributed by atoms with Gasteiger partial charge in [0.2, 0.25) is 0 Å². The average Bonchev–Trinajstić information content (AvgIpc) is 3.35. The van der Waals surface area contributed by atoms with Gasteiger partial charge >= 0.3 is 0 Å². The van der Waals surface area contributed by atoms with Crippen molar-refractivity contribution in [3.8, 4) is 0 Å². The number of morpholine rings is 1. The summed E-state index contributed by atoms with van der Waals surface area (Å²) >= 11 is 6.17. The summed E-state index contributed by atoms with van der Waals surface area (Å²) in [5, 5.41) is 5.46. The number of aliphatic imine (C=N–C) groups is 1. The van der Waals surface area contributed by atoms with E-state index in [4.69, 9.17) is 21.3 Å². The quantitative estimate of drug-likeness (QED) is 0.560. The molecule has 4 rings (SSSR count). The zero-order chi connectivity index (χ0) is 20.1. The first-order valence-electron chi connectivity index (χ1n) is 10.8. The number of fused-ring (bicyclic) bond motifs is 1. The molecule has 0 amide bonds. The lowest BCUT2D eigenvalue weighted by Gasteiger charge is -2.29. The monoisotopic (exact) mass is 417 g/mol. The second kappa shape index (κ2) is 9.83. The molecule has 0 aliphatic carbocycles. The zero-order valence-corrected chi connectivity index (χ0v) is 18.0. The highest BCUT2D eigenvalue weighted by molar-refractivity contribution is 6.31. The predicted octanol–water partition coefficient (Wildman–Crippen LogP) is 2.98. The zero-order valence-electron chi connectivity index (χ0n) is 17.3. The van der Waals surface area contributed by atoms with Crippen LogP contribution in [0.25, 0.3) is 10.9 Å². The standard InChI is InChI=1S/C22H32ClN5O/c1-2-24-22(28-8-6-17(16-28)15-27-9-11-29-12-10-27)25-7-5-18-14-26-21-4-3-19(23)13-20(18)21/h3-4,13-14,17,26H,2,5-12,15-16H2,1H3,(H,24,25). The normalized spacial score (nSPS) is 21.2. The summed E-state index contributed by atoms with van der Waals surface area (Å²) in [6.45, 7) is 11.0. The summed E-state index contributed by atoms with van der Waals surface area (Å²) in [5.41, 5.74) is 2.40. The van der Waals surface area contributed by atoms with Gasteiger partial charge in [0.25, 0.3) is 0 Å². The fourth-order valence-electron chi connectivity index (χ4n) is 4.39. The van der Waals surface area contributed by atoms with Crippen LogP contribution in [0.4, 0.5) is 0 Å². The summed E-state index contributed by atoms with van der Waals surface area (Å²) in [4.78, 5) is 13.2. The Bertz CT molecular complexity index is 830. The molecule has 1 atom stereocenters. The number of benzene rings is 1. The average molecular weight is 418 g/mol. The summed E-state index contributed by atoms with van der Waals surface area (Å²) in [5.74, 6) is 1.77. The van der Waals surface area contributed by atoms with E-state index < -0.39 is 0 Å². The number of hydrogen-bond donors (Lipinski definition) is 2. The Morgan fingerprint density at radius 1 is 1.31 bits per heavy atom. The van der Waals surface area contributed by atoms with E-state index in [1.807, 2.05) is 18.2 Å². The number of aromatic amines is 1. The molecular weight excluding hydrogens is 386 g/mol. The Morgan fingerprint density at radius 3 is 3.00 bits per heavy atom. The number of H-pyrrole nitrogens is 1. The molecule has 6 nitrogen and oxygen atoms in total. The number of aromatic nitrogens is 1. The van der Waals surface area contributed by atoms with Gasteiger partial charge in [-0.15, -0.1) is 0 Å². The van der Waals surface area contributed by atoms with Crippen LogP contribution in [0, 0.1) is 5.92 Å². The Hall–Kier alpha value is -1.76. The van der Waals surface area contributed by atoms with E-state index in [0.717, 1.165) is 75.4 Å². The molecule has 29 heavy (non-hydrogen) atoms. The van der Waals surface area contributed by atoms with Gasteiger partial charge in [-0.2, -0.15) is 0 Å². The number of halogens is 1. The Morgan fingerprint density at radius 2 is 2.17 bits per heavy atom. The molecule has 2 fully saturated rings. The van der Waals surface area contributed by atoms with E-state index in [1.54, 1.807) is 0 Å². The van der Waals surface area contributed by atoms with Gasteiger partial charge in [0.1, 0.15) is 0 Å². The topological polar surface area (TPSA) is 55.9 Å².